The van der Waals surface area contributed by atoms with Crippen LogP contribution in [0.5, 0.6) is 17.2 Å². The molecule has 2 fully saturated rings. The zero-order valence-corrected chi connectivity index (χ0v) is 21.6. The fraction of sp³-hybridized carbons (Fsp3) is 0.481. The average molecular weight is 516 g/mol. The number of methoxy groups -OCH3 is 2. The Morgan fingerprint density at radius 1 is 0.944 bits per heavy atom. The second-order valence-electron chi connectivity index (χ2n) is 9.24. The molecule has 1 heterocycles. The van der Waals surface area contributed by atoms with E-state index in [1.165, 1.54) is 0 Å². The molecule has 1 saturated carbocycles. The van der Waals surface area contributed by atoms with Gasteiger partial charge in [0.1, 0.15) is 17.2 Å². The van der Waals surface area contributed by atoms with E-state index in [4.69, 9.17) is 25.8 Å². The van der Waals surface area contributed by atoms with E-state index < -0.39 is 0 Å². The summed E-state index contributed by atoms with van der Waals surface area (Å²) in [7, 11) is 3.17. The van der Waals surface area contributed by atoms with Crippen LogP contribution in [0, 0.1) is 5.92 Å². The van der Waals surface area contributed by atoms with Gasteiger partial charge in [-0.25, -0.2) is 0 Å². The number of nitrogens with zero attached hydrogens (tertiary/aromatic N) is 2. The summed E-state index contributed by atoms with van der Waals surface area (Å²) in [5.41, 5.74) is 0.646. The van der Waals surface area contributed by atoms with Crippen LogP contribution in [0.3, 0.4) is 0 Å². The third-order valence-corrected chi connectivity index (χ3v) is 7.22. The topological polar surface area (TPSA) is 80.3 Å². The molecule has 1 aliphatic heterocycles. The number of hydrogen-bond donors (Lipinski definition) is 1. The third-order valence-electron chi connectivity index (χ3n) is 6.97. The quantitative estimate of drug-likeness (QED) is 0.542. The van der Waals surface area contributed by atoms with Crippen molar-refractivity contribution >= 4 is 29.1 Å². The maximum absolute atomic E-state index is 13.6. The molecule has 2 aromatic rings. The van der Waals surface area contributed by atoms with Crippen LogP contribution in [0.25, 0.3) is 0 Å². The molecule has 2 aromatic carbocycles. The van der Waals surface area contributed by atoms with Gasteiger partial charge in [0.05, 0.1) is 20.3 Å². The number of rotatable bonds is 9. The number of halogens is 1. The van der Waals surface area contributed by atoms with Gasteiger partial charge in [0, 0.05) is 55.1 Å². The van der Waals surface area contributed by atoms with E-state index in [0.717, 1.165) is 25.7 Å². The van der Waals surface area contributed by atoms with E-state index in [0.29, 0.717) is 60.1 Å². The molecule has 1 N–H and O–H groups in total. The zero-order chi connectivity index (χ0) is 25.5. The summed E-state index contributed by atoms with van der Waals surface area (Å²) in [6, 6.07) is 12.1. The minimum atomic E-state index is -0.243. The van der Waals surface area contributed by atoms with E-state index >= 15 is 0 Å². The highest BCUT2D eigenvalue weighted by atomic mass is 35.5. The first-order valence-corrected chi connectivity index (χ1v) is 12.8. The number of benzene rings is 2. The summed E-state index contributed by atoms with van der Waals surface area (Å²) in [5.74, 6) is 2.06. The van der Waals surface area contributed by atoms with Gasteiger partial charge in [0.25, 0.3) is 5.91 Å². The van der Waals surface area contributed by atoms with Crippen molar-refractivity contribution in [3.05, 3.63) is 47.5 Å². The Kier molecular flexibility index (Phi) is 8.93. The van der Waals surface area contributed by atoms with Gasteiger partial charge in [0.15, 0.2) is 6.61 Å². The van der Waals surface area contributed by atoms with Gasteiger partial charge in [-0.1, -0.05) is 24.4 Å². The molecule has 1 atom stereocenters. The molecule has 2 aliphatic rings. The normalized spacial score (nSPS) is 17.5. The van der Waals surface area contributed by atoms with E-state index in [-0.39, 0.29) is 24.5 Å². The van der Waals surface area contributed by atoms with E-state index in [1.54, 1.807) is 56.7 Å². The SMILES string of the molecule is COc1cc(NC(=O)[C@@H](C2CCCC2)N2CCN(C(=O)COc3ccc(Cl)cc3)CC2)cc(OC)c1. The maximum atomic E-state index is 13.6. The van der Waals surface area contributed by atoms with Crippen LogP contribution in [0.2, 0.25) is 5.02 Å². The van der Waals surface area contributed by atoms with Crippen molar-refractivity contribution in [2.45, 2.75) is 31.7 Å². The molecule has 2 amide bonds. The van der Waals surface area contributed by atoms with Gasteiger partial charge >= 0.3 is 0 Å². The van der Waals surface area contributed by atoms with E-state index in [2.05, 4.69) is 10.2 Å². The Morgan fingerprint density at radius 2 is 1.56 bits per heavy atom. The number of carbonyl (C=O) groups excluding carboxylic acids is 2. The predicted molar refractivity (Wildman–Crippen MR) is 139 cm³/mol. The Bertz CT molecular complexity index is 1010. The van der Waals surface area contributed by atoms with Crippen LogP contribution in [-0.4, -0.2) is 74.7 Å². The number of nitrogens with one attached hydrogen (secondary N) is 1. The first-order chi connectivity index (χ1) is 17.5. The second-order valence-corrected chi connectivity index (χ2v) is 9.68. The van der Waals surface area contributed by atoms with Crippen molar-refractivity contribution in [3.8, 4) is 17.2 Å². The van der Waals surface area contributed by atoms with Crippen molar-refractivity contribution in [1.29, 1.82) is 0 Å². The summed E-state index contributed by atoms with van der Waals surface area (Å²) >= 11 is 5.90. The Balaban J connectivity index is 1.37. The molecule has 0 bridgehead atoms. The molecular formula is C27H34ClN3O5. The minimum Gasteiger partial charge on any atom is -0.497 e. The fourth-order valence-corrected chi connectivity index (χ4v) is 5.19. The van der Waals surface area contributed by atoms with Gasteiger partial charge in [-0.15, -0.1) is 0 Å². The minimum absolute atomic E-state index is 0.0220. The van der Waals surface area contributed by atoms with Gasteiger partial charge in [-0.05, 0) is 43.0 Å². The molecule has 9 heteroatoms. The van der Waals surface area contributed by atoms with Gasteiger partial charge in [-0.2, -0.15) is 0 Å². The molecule has 8 nitrogen and oxygen atoms in total. The highest BCUT2D eigenvalue weighted by Crippen LogP contribution is 2.32. The van der Waals surface area contributed by atoms with Crippen LogP contribution >= 0.6 is 11.6 Å². The Morgan fingerprint density at radius 3 is 2.14 bits per heavy atom. The van der Waals surface area contributed by atoms with Crippen molar-refractivity contribution in [2.75, 3.05) is 52.3 Å². The molecule has 0 spiro atoms. The zero-order valence-electron chi connectivity index (χ0n) is 20.9. The average Bonchev–Trinajstić information content (AvgIpc) is 3.42. The number of anilines is 1. The molecule has 1 saturated heterocycles. The lowest BCUT2D eigenvalue weighted by Crippen LogP contribution is -2.57. The van der Waals surface area contributed by atoms with Gasteiger partial charge in [-0.3, -0.25) is 14.5 Å². The summed E-state index contributed by atoms with van der Waals surface area (Å²) in [6.45, 7) is 2.38. The summed E-state index contributed by atoms with van der Waals surface area (Å²) < 4.78 is 16.3. The summed E-state index contributed by atoms with van der Waals surface area (Å²) in [4.78, 5) is 30.3. The molecule has 36 heavy (non-hydrogen) atoms. The van der Waals surface area contributed by atoms with Crippen molar-refractivity contribution in [2.24, 2.45) is 5.92 Å². The molecular weight excluding hydrogens is 482 g/mol. The number of ether oxygens (including phenoxy) is 3. The molecule has 4 rings (SSSR count). The fourth-order valence-electron chi connectivity index (χ4n) is 5.06. The Hall–Kier alpha value is -2.97. The number of carbonyl (C=O) groups is 2. The van der Waals surface area contributed by atoms with E-state index in [1.807, 2.05) is 4.90 Å². The summed E-state index contributed by atoms with van der Waals surface area (Å²) in [6.07, 6.45) is 4.35. The molecule has 0 aromatic heterocycles. The van der Waals surface area contributed by atoms with Crippen LogP contribution in [0.15, 0.2) is 42.5 Å². The van der Waals surface area contributed by atoms with E-state index in [9.17, 15) is 9.59 Å². The van der Waals surface area contributed by atoms with Gasteiger partial charge in [0.2, 0.25) is 5.91 Å². The van der Waals surface area contributed by atoms with Gasteiger partial charge < -0.3 is 24.4 Å². The monoisotopic (exact) mass is 515 g/mol. The number of piperazine rings is 1. The van der Waals surface area contributed by atoms with Crippen LogP contribution < -0.4 is 19.5 Å². The smallest absolute Gasteiger partial charge is 0.260 e. The molecule has 0 unspecified atom stereocenters. The van der Waals surface area contributed by atoms with Crippen molar-refractivity contribution in [3.63, 3.8) is 0 Å². The lowest BCUT2D eigenvalue weighted by atomic mass is 9.95. The van der Waals surface area contributed by atoms with Crippen LogP contribution in [-0.2, 0) is 9.59 Å². The summed E-state index contributed by atoms with van der Waals surface area (Å²) in [5, 5.41) is 3.71. The lowest BCUT2D eigenvalue weighted by molar-refractivity contribution is -0.136. The standard InChI is InChI=1S/C27H34ClN3O5/c1-34-23-15-21(16-24(17-23)35-2)29-27(33)26(19-5-3-4-6-19)31-13-11-30(12-14-31)25(32)18-36-22-9-7-20(28)8-10-22/h7-10,15-17,19,26H,3-6,11-14,18H2,1-2H3,(H,29,33)/t26-/m1/s1. The van der Waals surface area contributed by atoms with Crippen LogP contribution in [0.1, 0.15) is 25.7 Å². The predicted octanol–water partition coefficient (Wildman–Crippen LogP) is 4.08. The molecule has 1 aliphatic carbocycles. The first kappa shape index (κ1) is 26.1. The molecule has 194 valence electrons. The highest BCUT2D eigenvalue weighted by molar-refractivity contribution is 6.30. The number of hydrogen-bond acceptors (Lipinski definition) is 6. The second kappa shape index (κ2) is 12.3. The maximum Gasteiger partial charge on any atom is 0.260 e. The third kappa shape index (κ3) is 6.62. The first-order valence-electron chi connectivity index (χ1n) is 12.4. The highest BCUT2D eigenvalue weighted by Gasteiger charge is 2.37. The lowest BCUT2D eigenvalue weighted by Gasteiger charge is -2.40. The largest absolute Gasteiger partial charge is 0.497 e. The van der Waals surface area contributed by atoms with Crippen molar-refractivity contribution < 1.29 is 23.8 Å². The Labute approximate surface area is 217 Å². The number of amides is 2. The van der Waals surface area contributed by atoms with Crippen molar-refractivity contribution in [1.82, 2.24) is 9.80 Å². The molecule has 0 radical (unpaired) electrons. The van der Waals surface area contributed by atoms with Crippen LogP contribution in [0.4, 0.5) is 5.69 Å².